The molecule has 1 aliphatic rings. The van der Waals surface area contributed by atoms with Crippen LogP contribution in [-0.2, 0) is 11.0 Å². The van der Waals surface area contributed by atoms with Gasteiger partial charge in [-0.3, -0.25) is 9.69 Å². The van der Waals surface area contributed by atoms with E-state index in [2.05, 4.69) is 15.3 Å². The summed E-state index contributed by atoms with van der Waals surface area (Å²) in [6.07, 6.45) is -0.640. The number of methoxy groups -OCH3 is 1. The lowest BCUT2D eigenvalue weighted by atomic mass is 9.96. The minimum absolute atomic E-state index is 0.0852. The zero-order valence-electron chi connectivity index (χ0n) is 14.7. The highest BCUT2D eigenvalue weighted by Gasteiger charge is 2.33. The number of anilines is 2. The molecule has 0 bridgehead atoms. The molecular formula is C18H20F3N4O2+. The normalized spacial score (nSPS) is 15.5. The van der Waals surface area contributed by atoms with Gasteiger partial charge in [-0.1, -0.05) is 0 Å². The number of alkyl halides is 3. The van der Waals surface area contributed by atoms with E-state index >= 15 is 0 Å². The lowest BCUT2D eigenvalue weighted by molar-refractivity contribution is -0.367. The van der Waals surface area contributed by atoms with Gasteiger partial charge >= 0.3 is 6.18 Å². The van der Waals surface area contributed by atoms with Gasteiger partial charge in [0.15, 0.2) is 0 Å². The highest BCUT2D eigenvalue weighted by Crippen LogP contribution is 2.29. The largest absolute Gasteiger partial charge is 0.481 e. The van der Waals surface area contributed by atoms with Crippen LogP contribution in [0.25, 0.3) is 0 Å². The SMILES string of the molecule is COc1ccc(NC(=O)C2CCN(c3ccc(C(F)(F)F)c[nH+]3)CC2)cn1. The van der Waals surface area contributed by atoms with E-state index in [1.807, 2.05) is 4.90 Å². The second-order valence-corrected chi connectivity index (χ2v) is 6.30. The second kappa shape index (κ2) is 7.81. The molecule has 3 rings (SSSR count). The number of H-pyrrole nitrogens is 1. The molecule has 1 amide bonds. The number of ether oxygens (including phenoxy) is 1. The Morgan fingerprint density at radius 3 is 2.52 bits per heavy atom. The average Bonchev–Trinajstić information content (AvgIpc) is 2.68. The molecule has 0 unspecified atom stereocenters. The van der Waals surface area contributed by atoms with E-state index in [0.717, 1.165) is 12.3 Å². The zero-order chi connectivity index (χ0) is 19.4. The first-order chi connectivity index (χ1) is 12.9. The van der Waals surface area contributed by atoms with Crippen LogP contribution in [-0.4, -0.2) is 31.1 Å². The quantitative estimate of drug-likeness (QED) is 0.884. The van der Waals surface area contributed by atoms with E-state index in [1.165, 1.54) is 19.4 Å². The molecule has 3 heterocycles. The number of nitrogens with zero attached hydrogens (tertiary/aromatic N) is 2. The molecule has 144 valence electrons. The number of aromatic amines is 1. The number of carbonyl (C=O) groups excluding carboxylic acids is 1. The third-order valence-electron chi connectivity index (χ3n) is 4.54. The molecule has 2 aromatic rings. The molecule has 2 N–H and O–H groups in total. The maximum absolute atomic E-state index is 12.6. The van der Waals surface area contributed by atoms with Crippen LogP contribution in [0.2, 0.25) is 0 Å². The summed E-state index contributed by atoms with van der Waals surface area (Å²) in [5.74, 6) is 0.839. The fourth-order valence-electron chi connectivity index (χ4n) is 2.99. The number of carbonyl (C=O) groups is 1. The first-order valence-corrected chi connectivity index (χ1v) is 8.51. The Labute approximate surface area is 154 Å². The number of nitrogens with one attached hydrogen (secondary N) is 2. The molecule has 9 heteroatoms. The van der Waals surface area contributed by atoms with Crippen LogP contribution >= 0.6 is 0 Å². The Hall–Kier alpha value is -2.84. The van der Waals surface area contributed by atoms with Crippen molar-refractivity contribution in [2.24, 2.45) is 5.92 Å². The monoisotopic (exact) mass is 381 g/mol. The third kappa shape index (κ3) is 4.66. The van der Waals surface area contributed by atoms with Crippen LogP contribution in [0.4, 0.5) is 24.7 Å². The van der Waals surface area contributed by atoms with Crippen LogP contribution in [0.5, 0.6) is 5.88 Å². The molecule has 1 fully saturated rings. The first-order valence-electron chi connectivity index (χ1n) is 8.51. The first kappa shape index (κ1) is 18.9. The lowest BCUT2D eigenvalue weighted by Gasteiger charge is -2.27. The number of hydrogen-bond acceptors (Lipinski definition) is 4. The highest BCUT2D eigenvalue weighted by molar-refractivity contribution is 5.92. The van der Waals surface area contributed by atoms with Crippen molar-refractivity contribution >= 4 is 17.4 Å². The number of piperidine rings is 1. The summed E-state index contributed by atoms with van der Waals surface area (Å²) in [6.45, 7) is 1.17. The fourth-order valence-corrected chi connectivity index (χ4v) is 2.99. The standard InChI is InChI=1S/C18H19F3N4O2/c1-27-16-5-3-14(11-23-16)24-17(26)12-6-8-25(9-7-12)15-4-2-13(10-22-15)18(19,20)21/h2-5,10-12H,6-9H2,1H3,(H,24,26)/p+1. The number of amides is 1. The smallest absolute Gasteiger partial charge is 0.419 e. The molecule has 2 aromatic heterocycles. The van der Waals surface area contributed by atoms with Gasteiger partial charge in [-0.05, 0) is 25.0 Å². The van der Waals surface area contributed by atoms with Gasteiger partial charge in [0.2, 0.25) is 11.8 Å². The molecule has 27 heavy (non-hydrogen) atoms. The number of aromatic nitrogens is 2. The minimum Gasteiger partial charge on any atom is -0.481 e. The van der Waals surface area contributed by atoms with Gasteiger partial charge in [0.25, 0.3) is 5.82 Å². The lowest BCUT2D eigenvalue weighted by Crippen LogP contribution is -2.40. The van der Waals surface area contributed by atoms with Gasteiger partial charge in [-0.15, -0.1) is 0 Å². The summed E-state index contributed by atoms with van der Waals surface area (Å²) in [6, 6.07) is 5.86. The summed E-state index contributed by atoms with van der Waals surface area (Å²) in [4.78, 5) is 21.1. The molecule has 0 saturated carbocycles. The van der Waals surface area contributed by atoms with E-state index in [9.17, 15) is 18.0 Å². The summed E-state index contributed by atoms with van der Waals surface area (Å²) < 4.78 is 42.9. The van der Waals surface area contributed by atoms with Crippen molar-refractivity contribution in [3.05, 3.63) is 42.2 Å². The van der Waals surface area contributed by atoms with Crippen LogP contribution in [0.15, 0.2) is 36.7 Å². The second-order valence-electron chi connectivity index (χ2n) is 6.30. The van der Waals surface area contributed by atoms with E-state index in [4.69, 9.17) is 4.74 Å². The summed E-state index contributed by atoms with van der Waals surface area (Å²) in [5.41, 5.74) is -0.118. The molecule has 1 saturated heterocycles. The maximum Gasteiger partial charge on any atom is 0.419 e. The number of rotatable bonds is 4. The Kier molecular flexibility index (Phi) is 5.48. The molecular weight excluding hydrogens is 361 g/mol. The molecule has 6 nitrogen and oxygen atoms in total. The number of pyridine rings is 2. The Bertz CT molecular complexity index is 771. The Morgan fingerprint density at radius 2 is 2.00 bits per heavy atom. The van der Waals surface area contributed by atoms with Crippen molar-refractivity contribution in [2.75, 3.05) is 30.4 Å². The van der Waals surface area contributed by atoms with Gasteiger partial charge in [0, 0.05) is 18.1 Å². The molecule has 0 aliphatic carbocycles. The van der Waals surface area contributed by atoms with Crippen molar-refractivity contribution in [3.63, 3.8) is 0 Å². The highest BCUT2D eigenvalue weighted by atomic mass is 19.4. The van der Waals surface area contributed by atoms with Crippen LogP contribution < -0.4 is 19.9 Å². The van der Waals surface area contributed by atoms with Gasteiger partial charge in [-0.25, -0.2) is 9.97 Å². The molecule has 0 radical (unpaired) electrons. The third-order valence-corrected chi connectivity index (χ3v) is 4.54. The topological polar surface area (TPSA) is 68.6 Å². The zero-order valence-corrected chi connectivity index (χ0v) is 14.7. The molecule has 1 aliphatic heterocycles. The van der Waals surface area contributed by atoms with Gasteiger partial charge in [0.05, 0.1) is 37.6 Å². The van der Waals surface area contributed by atoms with Crippen LogP contribution in [0.1, 0.15) is 18.4 Å². The number of hydrogen-bond donors (Lipinski definition) is 1. The van der Waals surface area contributed by atoms with Crippen molar-refractivity contribution < 1.29 is 27.7 Å². The Morgan fingerprint density at radius 1 is 1.26 bits per heavy atom. The molecule has 0 spiro atoms. The van der Waals surface area contributed by atoms with E-state index in [-0.39, 0.29) is 11.8 Å². The van der Waals surface area contributed by atoms with Crippen molar-refractivity contribution in [2.45, 2.75) is 19.0 Å². The number of halogens is 3. The predicted molar refractivity (Wildman–Crippen MR) is 92.4 cm³/mol. The molecule has 0 atom stereocenters. The summed E-state index contributed by atoms with van der Waals surface area (Å²) in [5, 5.41) is 2.83. The van der Waals surface area contributed by atoms with Gasteiger partial charge in [0.1, 0.15) is 6.20 Å². The van der Waals surface area contributed by atoms with E-state index < -0.39 is 11.7 Å². The summed E-state index contributed by atoms with van der Waals surface area (Å²) in [7, 11) is 1.52. The minimum atomic E-state index is -4.36. The predicted octanol–water partition coefficient (Wildman–Crippen LogP) is 2.78. The summed E-state index contributed by atoms with van der Waals surface area (Å²) >= 11 is 0. The van der Waals surface area contributed by atoms with E-state index in [0.29, 0.717) is 43.3 Å². The van der Waals surface area contributed by atoms with Crippen molar-refractivity contribution in [1.29, 1.82) is 0 Å². The van der Waals surface area contributed by atoms with Gasteiger partial charge < -0.3 is 10.1 Å². The van der Waals surface area contributed by atoms with Crippen molar-refractivity contribution in [1.82, 2.24) is 4.98 Å². The van der Waals surface area contributed by atoms with Gasteiger partial charge in [-0.2, -0.15) is 13.2 Å². The van der Waals surface area contributed by atoms with Crippen molar-refractivity contribution in [3.8, 4) is 5.88 Å². The Balaban J connectivity index is 1.54. The van der Waals surface area contributed by atoms with Crippen LogP contribution in [0.3, 0.4) is 0 Å². The van der Waals surface area contributed by atoms with Crippen LogP contribution in [0, 0.1) is 5.92 Å². The fraction of sp³-hybridized carbons (Fsp3) is 0.389. The average molecular weight is 381 g/mol. The van der Waals surface area contributed by atoms with E-state index in [1.54, 1.807) is 12.1 Å². The molecule has 0 aromatic carbocycles. The maximum atomic E-state index is 12.6.